The third kappa shape index (κ3) is 2.98. The summed E-state index contributed by atoms with van der Waals surface area (Å²) >= 11 is 0. The average Bonchev–Trinajstić information content (AvgIpc) is 2.60. The minimum Gasteiger partial charge on any atom is -0.377 e. The van der Waals surface area contributed by atoms with Gasteiger partial charge in [-0.1, -0.05) is 18.2 Å². The van der Waals surface area contributed by atoms with E-state index >= 15 is 0 Å². The van der Waals surface area contributed by atoms with Crippen LogP contribution < -0.4 is 11.5 Å². The number of hydrogen-bond acceptors (Lipinski definition) is 3. The summed E-state index contributed by atoms with van der Waals surface area (Å²) in [5.41, 5.74) is 13.4. The van der Waals surface area contributed by atoms with Gasteiger partial charge in [0.2, 0.25) is 0 Å². The van der Waals surface area contributed by atoms with Crippen LogP contribution in [0.2, 0.25) is 0 Å². The molecule has 0 saturated heterocycles. The Morgan fingerprint density at radius 3 is 2.71 bits per heavy atom. The molecule has 6 nitrogen and oxygen atoms in total. The monoisotopic (exact) mass is 320 g/mol. The number of fused-ring (bicyclic) bond motifs is 1. The highest BCUT2D eigenvalue weighted by molar-refractivity contribution is 6.06. The van der Waals surface area contributed by atoms with E-state index in [1.54, 1.807) is 18.2 Å². The summed E-state index contributed by atoms with van der Waals surface area (Å²) in [6.45, 7) is 1.13. The number of carbonyl (C=O) groups is 1. The first kappa shape index (κ1) is 15.7. The molecule has 0 atom stereocenters. The van der Waals surface area contributed by atoms with Gasteiger partial charge in [-0.2, -0.15) is 10.3 Å². The number of carbonyl (C=O) groups excluding carboxylic acids is 1. The molecule has 0 spiro atoms. The Hall–Kier alpha value is -3.17. The van der Waals surface area contributed by atoms with Gasteiger partial charge in [-0.25, -0.2) is 0 Å². The summed E-state index contributed by atoms with van der Waals surface area (Å²) in [6.07, 6.45) is 2.70. The first-order chi connectivity index (χ1) is 11.6. The maximum atomic E-state index is 12.1. The number of nitrogens with two attached hydrogens (primary N) is 2. The van der Waals surface area contributed by atoms with Gasteiger partial charge in [0.05, 0.1) is 24.8 Å². The van der Waals surface area contributed by atoms with Gasteiger partial charge in [-0.3, -0.25) is 4.79 Å². The third-order valence-corrected chi connectivity index (χ3v) is 3.90. The molecule has 0 saturated carbocycles. The van der Waals surface area contributed by atoms with E-state index in [-0.39, 0.29) is 5.96 Å². The van der Waals surface area contributed by atoms with Crippen molar-refractivity contribution in [2.75, 3.05) is 13.2 Å². The van der Waals surface area contributed by atoms with Crippen molar-refractivity contribution in [1.82, 2.24) is 0 Å². The molecule has 0 unspecified atom stereocenters. The number of hydrogen-bond donors (Lipinski definition) is 2. The number of ether oxygens (including phenoxy) is 1. The first-order valence-electron chi connectivity index (χ1n) is 7.48. The number of benzene rings is 2. The van der Waals surface area contributed by atoms with E-state index in [9.17, 15) is 10.1 Å². The first-order valence-corrected chi connectivity index (χ1v) is 7.48. The van der Waals surface area contributed by atoms with Gasteiger partial charge in [-0.05, 0) is 41.0 Å². The molecule has 6 heteroatoms. The quantitative estimate of drug-likeness (QED) is 0.648. The van der Waals surface area contributed by atoms with E-state index in [4.69, 9.17) is 16.2 Å². The zero-order valence-corrected chi connectivity index (χ0v) is 13.0. The lowest BCUT2D eigenvalue weighted by Gasteiger charge is -2.17. The number of aliphatic imine (C=N–C) groups is 1. The maximum absolute atomic E-state index is 12.1. The molecule has 0 aliphatic carbocycles. The molecule has 120 valence electrons. The molecule has 1 heterocycles. The topological polar surface area (TPSA) is 114 Å². The molecule has 0 aromatic heterocycles. The molecule has 1 amide bonds. The molecule has 1 aliphatic rings. The molecule has 0 fully saturated rings. The van der Waals surface area contributed by atoms with Crippen molar-refractivity contribution in [2.24, 2.45) is 16.5 Å². The molecule has 2 aromatic rings. The zero-order chi connectivity index (χ0) is 17.1. The van der Waals surface area contributed by atoms with Gasteiger partial charge in [0.15, 0.2) is 5.96 Å². The number of rotatable bonds is 2. The van der Waals surface area contributed by atoms with E-state index in [1.807, 2.05) is 18.2 Å². The number of amides is 1. The summed E-state index contributed by atoms with van der Waals surface area (Å²) in [5, 5.41) is 11.3. The molecule has 0 bridgehead atoms. The Morgan fingerprint density at radius 2 is 2.04 bits per heavy atom. The highest BCUT2D eigenvalue weighted by Gasteiger charge is 2.16. The molecule has 4 N–H and O–H groups in total. The Labute approximate surface area is 139 Å². The second kappa shape index (κ2) is 6.52. The lowest BCUT2D eigenvalue weighted by Crippen LogP contribution is -2.24. The Kier molecular flexibility index (Phi) is 4.27. The normalized spacial score (nSPS) is 13.9. The van der Waals surface area contributed by atoms with Crippen LogP contribution in [0.1, 0.15) is 27.9 Å². The lowest BCUT2D eigenvalue weighted by atomic mass is 9.90. The van der Waals surface area contributed by atoms with Crippen molar-refractivity contribution in [3.63, 3.8) is 0 Å². The van der Waals surface area contributed by atoms with Crippen LogP contribution in [-0.2, 0) is 4.74 Å². The van der Waals surface area contributed by atoms with Crippen LogP contribution >= 0.6 is 0 Å². The fourth-order valence-electron chi connectivity index (χ4n) is 2.83. The van der Waals surface area contributed by atoms with Gasteiger partial charge in [0.25, 0.3) is 5.91 Å². The maximum Gasteiger partial charge on any atom is 0.280 e. The van der Waals surface area contributed by atoms with Crippen molar-refractivity contribution in [1.29, 1.82) is 5.26 Å². The standard InChI is InChI=1S/C18H16N4O2/c19-10-14-4-2-11-1-3-13(17(23)22-18(20)21)9-15(11)16(14)12-5-7-24-8-6-12/h1-5,9H,6-8H2,(H4,20,21,22,23). The van der Waals surface area contributed by atoms with Crippen molar-refractivity contribution >= 4 is 28.2 Å². The lowest BCUT2D eigenvalue weighted by molar-refractivity contribution is 0.100. The van der Waals surface area contributed by atoms with Crippen molar-refractivity contribution in [2.45, 2.75) is 6.42 Å². The van der Waals surface area contributed by atoms with E-state index in [2.05, 4.69) is 11.1 Å². The fraction of sp³-hybridized carbons (Fsp3) is 0.167. The molecular formula is C18H16N4O2. The largest absolute Gasteiger partial charge is 0.377 e. The Balaban J connectivity index is 2.23. The van der Waals surface area contributed by atoms with Crippen molar-refractivity contribution in [3.8, 4) is 6.07 Å². The van der Waals surface area contributed by atoms with Gasteiger partial charge < -0.3 is 16.2 Å². The van der Waals surface area contributed by atoms with E-state index in [1.165, 1.54) is 0 Å². The highest BCUT2D eigenvalue weighted by Crippen LogP contribution is 2.32. The van der Waals surface area contributed by atoms with Gasteiger partial charge in [0.1, 0.15) is 0 Å². The summed E-state index contributed by atoms with van der Waals surface area (Å²) in [7, 11) is 0. The van der Waals surface area contributed by atoms with E-state index in [0.717, 1.165) is 28.3 Å². The molecule has 0 radical (unpaired) electrons. The molecule has 24 heavy (non-hydrogen) atoms. The summed E-state index contributed by atoms with van der Waals surface area (Å²) < 4.78 is 5.35. The van der Waals surface area contributed by atoms with Crippen molar-refractivity contribution in [3.05, 3.63) is 53.1 Å². The minimum absolute atomic E-state index is 0.279. The fourth-order valence-corrected chi connectivity index (χ4v) is 2.83. The second-order valence-electron chi connectivity index (χ2n) is 5.43. The number of nitriles is 1. The van der Waals surface area contributed by atoms with E-state index in [0.29, 0.717) is 24.3 Å². The third-order valence-electron chi connectivity index (χ3n) is 3.90. The van der Waals surface area contributed by atoms with Gasteiger partial charge >= 0.3 is 0 Å². The van der Waals surface area contributed by atoms with Crippen LogP contribution in [0.5, 0.6) is 0 Å². The summed E-state index contributed by atoms with van der Waals surface area (Å²) in [6, 6.07) is 11.1. The number of guanidine groups is 1. The predicted molar refractivity (Wildman–Crippen MR) is 92.2 cm³/mol. The number of nitrogens with zero attached hydrogens (tertiary/aromatic N) is 2. The van der Waals surface area contributed by atoms with Crippen LogP contribution in [-0.4, -0.2) is 25.1 Å². The minimum atomic E-state index is -0.508. The van der Waals surface area contributed by atoms with E-state index < -0.39 is 5.91 Å². The second-order valence-corrected chi connectivity index (χ2v) is 5.43. The average molecular weight is 320 g/mol. The van der Waals surface area contributed by atoms with Crippen LogP contribution in [0.25, 0.3) is 16.3 Å². The molecule has 3 rings (SSSR count). The summed E-state index contributed by atoms with van der Waals surface area (Å²) in [4.78, 5) is 15.7. The van der Waals surface area contributed by atoms with Crippen LogP contribution in [0, 0.1) is 11.3 Å². The van der Waals surface area contributed by atoms with Crippen LogP contribution in [0.4, 0.5) is 0 Å². The SMILES string of the molecule is N#Cc1ccc2ccc(C(=O)N=C(N)N)cc2c1C1=CCOCC1. The Morgan fingerprint density at radius 1 is 1.25 bits per heavy atom. The molecular weight excluding hydrogens is 304 g/mol. The van der Waals surface area contributed by atoms with Gasteiger partial charge in [-0.15, -0.1) is 0 Å². The Bertz CT molecular complexity index is 918. The smallest absolute Gasteiger partial charge is 0.280 e. The predicted octanol–water partition coefficient (Wildman–Crippen LogP) is 1.93. The van der Waals surface area contributed by atoms with Crippen molar-refractivity contribution < 1.29 is 9.53 Å². The zero-order valence-electron chi connectivity index (χ0n) is 13.0. The highest BCUT2D eigenvalue weighted by atomic mass is 16.5. The summed E-state index contributed by atoms with van der Waals surface area (Å²) in [5.74, 6) is -0.788. The van der Waals surface area contributed by atoms with Crippen LogP contribution in [0.15, 0.2) is 41.4 Å². The van der Waals surface area contributed by atoms with Gasteiger partial charge in [0, 0.05) is 11.1 Å². The molecule has 2 aromatic carbocycles. The van der Waals surface area contributed by atoms with Crippen LogP contribution in [0.3, 0.4) is 0 Å². The molecule has 1 aliphatic heterocycles.